The average molecular weight is 372 g/mol. The summed E-state index contributed by atoms with van der Waals surface area (Å²) in [6.07, 6.45) is 2.11. The van der Waals surface area contributed by atoms with E-state index in [1.165, 1.54) is 6.20 Å². The number of hydrogen-bond donors (Lipinski definition) is 1. The molecule has 0 saturated carbocycles. The Morgan fingerprint density at radius 2 is 2.00 bits per heavy atom. The lowest BCUT2D eigenvalue weighted by Gasteiger charge is -2.12. The van der Waals surface area contributed by atoms with Crippen molar-refractivity contribution in [1.82, 2.24) is 19.7 Å². The average Bonchev–Trinajstić information content (AvgIpc) is 3.05. The van der Waals surface area contributed by atoms with E-state index < -0.39 is 5.97 Å². The third kappa shape index (κ3) is 3.83. The van der Waals surface area contributed by atoms with Crippen LogP contribution in [0.1, 0.15) is 30.0 Å². The number of aromatic nitrogens is 4. The van der Waals surface area contributed by atoms with Gasteiger partial charge in [-0.25, -0.2) is 19.4 Å². The number of benzene rings is 1. The molecule has 0 amide bonds. The van der Waals surface area contributed by atoms with Crippen LogP contribution in [0.3, 0.4) is 0 Å². The van der Waals surface area contributed by atoms with Gasteiger partial charge in [-0.15, -0.1) is 0 Å². The van der Waals surface area contributed by atoms with Gasteiger partial charge in [0.1, 0.15) is 28.2 Å². The molecule has 0 aliphatic heterocycles. The summed E-state index contributed by atoms with van der Waals surface area (Å²) >= 11 is 6.07. The third-order valence-corrected chi connectivity index (χ3v) is 3.76. The fourth-order valence-electron chi connectivity index (χ4n) is 2.40. The molecule has 26 heavy (non-hydrogen) atoms. The molecule has 0 unspecified atom stereocenters. The number of nitrogens with one attached hydrogen (secondary N) is 1. The van der Waals surface area contributed by atoms with E-state index in [0.717, 1.165) is 5.69 Å². The number of rotatable bonds is 6. The Bertz CT molecular complexity index is 911. The zero-order chi connectivity index (χ0) is 18.5. The molecule has 1 N–H and O–H groups in total. The van der Waals surface area contributed by atoms with E-state index in [4.69, 9.17) is 16.3 Å². The van der Waals surface area contributed by atoms with Crippen molar-refractivity contribution in [3.63, 3.8) is 0 Å². The maximum atomic E-state index is 12.3. The van der Waals surface area contributed by atoms with Gasteiger partial charge in [0.05, 0.1) is 18.5 Å². The molecule has 3 rings (SSSR count). The number of halogens is 1. The predicted molar refractivity (Wildman–Crippen MR) is 99.2 cm³/mol. The lowest BCUT2D eigenvalue weighted by molar-refractivity contribution is 0.0527. The van der Waals surface area contributed by atoms with E-state index in [9.17, 15) is 4.79 Å². The standard InChI is InChI=1S/C18H18ClN5O2/c1-3-15-21-14(19)10-16(22-15)23-17-13(18(25)26-4-2)11-20-24(17)12-8-6-5-7-9-12/h5-11H,3-4H2,1-2H3,(H,21,22,23). The molecule has 0 bridgehead atoms. The van der Waals surface area contributed by atoms with Gasteiger partial charge in [0, 0.05) is 12.5 Å². The highest BCUT2D eigenvalue weighted by Gasteiger charge is 2.20. The van der Waals surface area contributed by atoms with Crippen LogP contribution in [0.5, 0.6) is 0 Å². The normalized spacial score (nSPS) is 10.6. The van der Waals surface area contributed by atoms with Gasteiger partial charge in [-0.1, -0.05) is 36.7 Å². The maximum absolute atomic E-state index is 12.3. The molecule has 0 aliphatic rings. The lowest BCUT2D eigenvalue weighted by atomic mass is 10.3. The van der Waals surface area contributed by atoms with E-state index >= 15 is 0 Å². The fraction of sp³-hybridized carbons (Fsp3) is 0.222. The van der Waals surface area contributed by atoms with Crippen molar-refractivity contribution in [2.75, 3.05) is 11.9 Å². The Morgan fingerprint density at radius 3 is 2.69 bits per heavy atom. The van der Waals surface area contributed by atoms with Crippen LogP contribution in [-0.2, 0) is 11.2 Å². The number of para-hydroxylation sites is 1. The maximum Gasteiger partial charge on any atom is 0.343 e. The summed E-state index contributed by atoms with van der Waals surface area (Å²) in [6, 6.07) is 11.1. The molecule has 2 aromatic heterocycles. The van der Waals surface area contributed by atoms with Crippen LogP contribution in [0, 0.1) is 0 Å². The minimum atomic E-state index is -0.465. The molecule has 1 aromatic carbocycles. The molecule has 2 heterocycles. The predicted octanol–water partition coefficient (Wildman–Crippen LogP) is 3.80. The molecule has 134 valence electrons. The highest BCUT2D eigenvalue weighted by atomic mass is 35.5. The van der Waals surface area contributed by atoms with Crippen molar-refractivity contribution in [3.8, 4) is 5.69 Å². The van der Waals surface area contributed by atoms with Gasteiger partial charge >= 0.3 is 5.97 Å². The molecule has 0 saturated heterocycles. The molecular weight excluding hydrogens is 354 g/mol. The van der Waals surface area contributed by atoms with Crippen LogP contribution in [0.2, 0.25) is 5.15 Å². The zero-order valence-electron chi connectivity index (χ0n) is 14.4. The quantitative estimate of drug-likeness (QED) is 0.524. The molecule has 7 nitrogen and oxygen atoms in total. The first-order valence-electron chi connectivity index (χ1n) is 8.23. The van der Waals surface area contributed by atoms with Crippen LogP contribution < -0.4 is 5.32 Å². The second kappa shape index (κ2) is 7.97. The molecule has 8 heteroatoms. The van der Waals surface area contributed by atoms with Crippen LogP contribution >= 0.6 is 11.6 Å². The summed E-state index contributed by atoms with van der Waals surface area (Å²) in [5.74, 6) is 1.06. The SMILES string of the molecule is CCOC(=O)c1cnn(-c2ccccc2)c1Nc1cc(Cl)nc(CC)n1. The number of carbonyl (C=O) groups excluding carboxylic acids is 1. The second-order valence-corrected chi connectivity index (χ2v) is 5.73. The summed E-state index contributed by atoms with van der Waals surface area (Å²) in [6.45, 7) is 3.96. The summed E-state index contributed by atoms with van der Waals surface area (Å²) < 4.78 is 6.75. The number of hydrogen-bond acceptors (Lipinski definition) is 6. The summed E-state index contributed by atoms with van der Waals surface area (Å²) in [5.41, 5.74) is 1.10. The molecule has 0 fully saturated rings. The lowest BCUT2D eigenvalue weighted by Crippen LogP contribution is -2.10. The Balaban J connectivity index is 2.07. The van der Waals surface area contributed by atoms with E-state index in [0.29, 0.717) is 34.6 Å². The van der Waals surface area contributed by atoms with E-state index in [1.807, 2.05) is 37.3 Å². The first-order chi connectivity index (χ1) is 12.6. The highest BCUT2D eigenvalue weighted by Crippen LogP contribution is 2.25. The topological polar surface area (TPSA) is 81.9 Å². The van der Waals surface area contributed by atoms with Crippen LogP contribution in [0.15, 0.2) is 42.6 Å². The molecule has 0 spiro atoms. The van der Waals surface area contributed by atoms with Crippen molar-refractivity contribution < 1.29 is 9.53 Å². The van der Waals surface area contributed by atoms with Crippen molar-refractivity contribution in [1.29, 1.82) is 0 Å². The van der Waals surface area contributed by atoms with Gasteiger partial charge in [-0.2, -0.15) is 5.10 Å². The second-order valence-electron chi connectivity index (χ2n) is 5.35. The number of esters is 1. The molecular formula is C18H18ClN5O2. The number of carbonyl (C=O) groups is 1. The zero-order valence-corrected chi connectivity index (χ0v) is 15.2. The summed E-state index contributed by atoms with van der Waals surface area (Å²) in [7, 11) is 0. The van der Waals surface area contributed by atoms with E-state index in [1.54, 1.807) is 17.7 Å². The minimum absolute atomic E-state index is 0.272. The van der Waals surface area contributed by atoms with Crippen LogP contribution in [0.25, 0.3) is 5.69 Å². The van der Waals surface area contributed by atoms with Gasteiger partial charge in [0.25, 0.3) is 0 Å². The largest absolute Gasteiger partial charge is 0.462 e. The first-order valence-corrected chi connectivity index (χ1v) is 8.61. The van der Waals surface area contributed by atoms with Crippen LogP contribution in [0.4, 0.5) is 11.6 Å². The minimum Gasteiger partial charge on any atom is -0.462 e. The third-order valence-electron chi connectivity index (χ3n) is 3.57. The molecule has 0 aliphatic carbocycles. The van der Waals surface area contributed by atoms with Crippen molar-refractivity contribution in [2.45, 2.75) is 20.3 Å². The summed E-state index contributed by atoms with van der Waals surface area (Å²) in [5, 5.41) is 7.79. The Hall–Kier alpha value is -2.93. The Labute approximate surface area is 156 Å². The van der Waals surface area contributed by atoms with Gasteiger partial charge < -0.3 is 10.1 Å². The van der Waals surface area contributed by atoms with Crippen molar-refractivity contribution in [3.05, 3.63) is 59.1 Å². The first kappa shape index (κ1) is 17.9. The van der Waals surface area contributed by atoms with Gasteiger partial charge in [0.2, 0.25) is 0 Å². The van der Waals surface area contributed by atoms with E-state index in [-0.39, 0.29) is 6.61 Å². The van der Waals surface area contributed by atoms with Crippen molar-refractivity contribution >= 4 is 29.2 Å². The molecule has 0 radical (unpaired) electrons. The number of aryl methyl sites for hydroxylation is 1. The number of nitrogens with zero attached hydrogens (tertiary/aromatic N) is 4. The van der Waals surface area contributed by atoms with Gasteiger partial charge in [0.15, 0.2) is 0 Å². The fourth-order valence-corrected chi connectivity index (χ4v) is 2.60. The number of ether oxygens (including phenoxy) is 1. The van der Waals surface area contributed by atoms with Crippen LogP contribution in [-0.4, -0.2) is 32.3 Å². The molecule has 3 aromatic rings. The summed E-state index contributed by atoms with van der Waals surface area (Å²) in [4.78, 5) is 20.9. The van der Waals surface area contributed by atoms with E-state index in [2.05, 4.69) is 20.4 Å². The smallest absolute Gasteiger partial charge is 0.343 e. The molecule has 0 atom stereocenters. The number of anilines is 2. The van der Waals surface area contributed by atoms with Gasteiger partial charge in [-0.05, 0) is 19.1 Å². The monoisotopic (exact) mass is 371 g/mol. The van der Waals surface area contributed by atoms with Gasteiger partial charge in [-0.3, -0.25) is 0 Å². The Morgan fingerprint density at radius 1 is 1.23 bits per heavy atom. The van der Waals surface area contributed by atoms with Crippen molar-refractivity contribution in [2.24, 2.45) is 0 Å². The Kier molecular flexibility index (Phi) is 5.48. The highest BCUT2D eigenvalue weighted by molar-refractivity contribution is 6.29.